The van der Waals surface area contributed by atoms with Crippen LogP contribution in [0.4, 0.5) is 0 Å². The summed E-state index contributed by atoms with van der Waals surface area (Å²) in [5.41, 5.74) is 12.1. The zero-order valence-electron chi connectivity index (χ0n) is 29.2. The van der Waals surface area contributed by atoms with E-state index >= 15 is 0 Å². The molecule has 5 N–H and O–H groups in total. The molecule has 4 aromatic rings. The molecule has 11 heteroatoms. The molecule has 1 aliphatic rings. The van der Waals surface area contributed by atoms with Crippen molar-refractivity contribution in [3.8, 4) is 10.4 Å². The second-order valence-electron chi connectivity index (χ2n) is 12.5. The lowest BCUT2D eigenvalue weighted by Gasteiger charge is -2.26. The average molecular weight is 693 g/mol. The quantitative estimate of drug-likeness (QED) is 0.0524. The number of nitrogens with one attached hydrogen (secondary N) is 1. The second kappa shape index (κ2) is 20.6. The van der Waals surface area contributed by atoms with Gasteiger partial charge in [0, 0.05) is 71.2 Å². The van der Waals surface area contributed by atoms with Crippen LogP contribution in [-0.4, -0.2) is 100 Å². The van der Waals surface area contributed by atoms with Crippen LogP contribution < -0.4 is 16.9 Å². The molecule has 0 aliphatic carbocycles. The Morgan fingerprint density at radius 3 is 2.31 bits per heavy atom. The number of piperidine rings is 1. The fourth-order valence-corrected chi connectivity index (χ4v) is 7.04. The first-order valence-corrected chi connectivity index (χ1v) is 18.8. The van der Waals surface area contributed by atoms with Gasteiger partial charge in [-0.1, -0.05) is 30.7 Å². The summed E-state index contributed by atoms with van der Waals surface area (Å²) < 4.78 is 25.0. The predicted molar refractivity (Wildman–Crippen MR) is 201 cm³/mol. The Labute approximate surface area is 295 Å². The SMILES string of the molecule is CCn1c2ccc(CNCCOCCOCCOCCOCCN(N)/C=C(\N)CCN3CCCCC3)cc2c2ccc(-c3cccs3)cc21. The summed E-state index contributed by atoms with van der Waals surface area (Å²) in [4.78, 5) is 3.78. The topological polar surface area (TPSA) is 112 Å². The van der Waals surface area contributed by atoms with Gasteiger partial charge in [0.25, 0.3) is 0 Å². The molecular formula is C38H56N6O4S. The van der Waals surface area contributed by atoms with E-state index in [1.54, 1.807) is 16.3 Å². The fourth-order valence-electron chi connectivity index (χ4n) is 6.31. The van der Waals surface area contributed by atoms with Gasteiger partial charge in [0.1, 0.15) is 0 Å². The standard InChI is InChI=1S/C38H56N6O4S/c1-2-44-36-11-8-31(27-35(36)34-10-9-32(28-37(34)44)38-7-6-26-49-38)29-41-13-18-45-20-22-47-24-25-48-23-21-46-19-17-43(40)30-33(39)12-16-42-14-4-3-5-15-42/h6-11,26-28,30,41H,2-5,12-25,29,39-40H2,1H3/b33-30-. The molecule has 0 saturated carbocycles. The largest absolute Gasteiger partial charge is 0.401 e. The highest BCUT2D eigenvalue weighted by Gasteiger charge is 2.12. The number of hydrogen-bond donors (Lipinski definition) is 3. The first-order chi connectivity index (χ1) is 24.1. The summed E-state index contributed by atoms with van der Waals surface area (Å²) in [6, 6.07) is 18.0. The molecule has 0 atom stereocenters. The third kappa shape index (κ3) is 11.8. The summed E-state index contributed by atoms with van der Waals surface area (Å²) in [5.74, 6) is 6.03. The van der Waals surface area contributed by atoms with E-state index in [1.807, 2.05) is 6.20 Å². The van der Waals surface area contributed by atoms with Gasteiger partial charge in [-0.05, 0) is 73.6 Å². The van der Waals surface area contributed by atoms with Crippen molar-refractivity contribution in [3.05, 3.63) is 71.4 Å². The Morgan fingerprint density at radius 2 is 1.59 bits per heavy atom. The molecule has 3 heterocycles. The van der Waals surface area contributed by atoms with Gasteiger partial charge in [0.2, 0.25) is 0 Å². The molecule has 0 radical (unpaired) electrons. The van der Waals surface area contributed by atoms with Crippen LogP contribution >= 0.6 is 11.3 Å². The van der Waals surface area contributed by atoms with Crippen molar-refractivity contribution in [3.63, 3.8) is 0 Å². The summed E-state index contributed by atoms with van der Waals surface area (Å²) in [6.45, 7) is 13.1. The van der Waals surface area contributed by atoms with E-state index in [9.17, 15) is 0 Å². The smallest absolute Gasteiger partial charge is 0.0701 e. The number of aromatic nitrogens is 1. The van der Waals surface area contributed by atoms with Gasteiger partial charge in [0.05, 0.1) is 59.4 Å². The molecule has 0 bridgehead atoms. The minimum atomic E-state index is 0.519. The lowest BCUT2D eigenvalue weighted by molar-refractivity contribution is -0.00269. The van der Waals surface area contributed by atoms with Crippen LogP contribution in [0, 0.1) is 0 Å². The van der Waals surface area contributed by atoms with Gasteiger partial charge in [-0.3, -0.25) is 0 Å². The highest BCUT2D eigenvalue weighted by molar-refractivity contribution is 7.13. The van der Waals surface area contributed by atoms with Crippen molar-refractivity contribution in [2.24, 2.45) is 11.6 Å². The van der Waals surface area contributed by atoms with Gasteiger partial charge >= 0.3 is 0 Å². The Kier molecular flexibility index (Phi) is 15.7. The van der Waals surface area contributed by atoms with Crippen LogP contribution in [0.5, 0.6) is 0 Å². The van der Waals surface area contributed by atoms with Gasteiger partial charge in [-0.25, -0.2) is 5.84 Å². The van der Waals surface area contributed by atoms with Gasteiger partial charge in [-0.15, -0.1) is 11.3 Å². The maximum Gasteiger partial charge on any atom is 0.0701 e. The zero-order chi connectivity index (χ0) is 34.1. The fraction of sp³-hybridized carbons (Fsp3) is 0.526. The zero-order valence-corrected chi connectivity index (χ0v) is 30.1. The van der Waals surface area contributed by atoms with Gasteiger partial charge < -0.3 is 44.5 Å². The highest BCUT2D eigenvalue weighted by atomic mass is 32.1. The number of nitrogens with zero attached hydrogens (tertiary/aromatic N) is 3. The molecule has 0 spiro atoms. The maximum atomic E-state index is 6.14. The minimum Gasteiger partial charge on any atom is -0.401 e. The van der Waals surface area contributed by atoms with E-state index in [0.717, 1.165) is 38.3 Å². The number of benzene rings is 2. The van der Waals surface area contributed by atoms with Crippen LogP contribution in [0.3, 0.4) is 0 Å². The van der Waals surface area contributed by atoms with E-state index in [0.29, 0.717) is 59.4 Å². The van der Waals surface area contributed by atoms with Crippen LogP contribution in [0.2, 0.25) is 0 Å². The molecule has 2 aromatic heterocycles. The molecule has 2 aromatic carbocycles. The molecule has 0 unspecified atom stereocenters. The molecule has 10 nitrogen and oxygen atoms in total. The number of ether oxygens (including phenoxy) is 4. The van der Waals surface area contributed by atoms with E-state index in [2.05, 4.69) is 75.6 Å². The van der Waals surface area contributed by atoms with E-state index in [4.69, 9.17) is 30.5 Å². The third-order valence-corrected chi connectivity index (χ3v) is 9.83. The number of fused-ring (bicyclic) bond motifs is 3. The number of rotatable bonds is 23. The van der Waals surface area contributed by atoms with Crippen molar-refractivity contribution in [2.75, 3.05) is 85.6 Å². The summed E-state index contributed by atoms with van der Waals surface area (Å²) in [7, 11) is 0. The van der Waals surface area contributed by atoms with Gasteiger partial charge in [-0.2, -0.15) is 0 Å². The second-order valence-corrected chi connectivity index (χ2v) is 13.5. The summed E-state index contributed by atoms with van der Waals surface area (Å²) >= 11 is 1.78. The van der Waals surface area contributed by atoms with Crippen LogP contribution in [0.25, 0.3) is 32.2 Å². The van der Waals surface area contributed by atoms with Crippen molar-refractivity contribution < 1.29 is 18.9 Å². The molecule has 49 heavy (non-hydrogen) atoms. The van der Waals surface area contributed by atoms with Crippen LogP contribution in [0.15, 0.2) is 65.8 Å². The lowest BCUT2D eigenvalue weighted by atomic mass is 10.1. The molecule has 1 saturated heterocycles. The monoisotopic (exact) mass is 692 g/mol. The van der Waals surface area contributed by atoms with Crippen molar-refractivity contribution >= 4 is 33.1 Å². The Balaban J connectivity index is 0.852. The van der Waals surface area contributed by atoms with Crippen molar-refractivity contribution in [1.29, 1.82) is 0 Å². The third-order valence-electron chi connectivity index (χ3n) is 8.91. The summed E-state index contributed by atoms with van der Waals surface area (Å²) in [6.07, 6.45) is 6.59. The van der Waals surface area contributed by atoms with E-state index in [-0.39, 0.29) is 0 Å². The number of aryl methyl sites for hydroxylation is 1. The van der Waals surface area contributed by atoms with E-state index < -0.39 is 0 Å². The number of thiophene rings is 1. The van der Waals surface area contributed by atoms with Crippen LogP contribution in [0.1, 0.15) is 38.2 Å². The Morgan fingerprint density at radius 1 is 0.857 bits per heavy atom. The maximum absolute atomic E-state index is 6.14. The molecule has 268 valence electrons. The lowest BCUT2D eigenvalue weighted by Crippen LogP contribution is -2.33. The van der Waals surface area contributed by atoms with Crippen molar-refractivity contribution in [1.82, 2.24) is 19.8 Å². The van der Waals surface area contributed by atoms with Crippen LogP contribution in [-0.2, 0) is 32.0 Å². The predicted octanol–water partition coefficient (Wildman–Crippen LogP) is 5.55. The normalized spacial score (nSPS) is 14.4. The highest BCUT2D eigenvalue weighted by Crippen LogP contribution is 2.34. The molecule has 1 fully saturated rings. The Bertz CT molecular complexity index is 1550. The molecule has 0 amide bonds. The first-order valence-electron chi connectivity index (χ1n) is 17.9. The van der Waals surface area contributed by atoms with Crippen molar-refractivity contribution in [2.45, 2.75) is 45.7 Å². The molecule has 1 aliphatic heterocycles. The molecule has 5 rings (SSSR count). The minimum absolute atomic E-state index is 0.519. The number of hydrogen-bond acceptors (Lipinski definition) is 10. The van der Waals surface area contributed by atoms with Gasteiger partial charge in [0.15, 0.2) is 0 Å². The summed E-state index contributed by atoms with van der Waals surface area (Å²) in [5, 5.41) is 9.87. The molecular weight excluding hydrogens is 637 g/mol. The average Bonchev–Trinajstić information content (AvgIpc) is 3.77. The number of likely N-dealkylation sites (tertiary alicyclic amines) is 1. The van der Waals surface area contributed by atoms with E-state index in [1.165, 1.54) is 70.2 Å². The Hall–Kier alpha value is -3.00. The number of nitrogens with two attached hydrogens (primary N) is 2. The first kappa shape index (κ1) is 37.3. The number of hydrazine groups is 1.